The van der Waals surface area contributed by atoms with Crippen LogP contribution in [0.3, 0.4) is 0 Å². The molecule has 0 heterocycles. The Kier molecular flexibility index (Phi) is 2.72. The number of carbonyl (C=O) groups is 1. The van der Waals surface area contributed by atoms with Crippen molar-refractivity contribution in [3.05, 3.63) is 23.5 Å². The van der Waals surface area contributed by atoms with Gasteiger partial charge in [-0.1, -0.05) is 0 Å². The van der Waals surface area contributed by atoms with Gasteiger partial charge < -0.3 is 10.8 Å². The third kappa shape index (κ3) is 1.89. The van der Waals surface area contributed by atoms with Gasteiger partial charge in [0.05, 0.1) is 17.1 Å². The van der Waals surface area contributed by atoms with Gasteiger partial charge >= 0.3 is 0 Å². The number of aromatic hydroxyl groups is 1. The van der Waals surface area contributed by atoms with E-state index in [1.807, 2.05) is 0 Å². The Labute approximate surface area is 78.9 Å². The number of hydrogen-bond donors (Lipinski definition) is 2. The Hall–Kier alpha value is -1.29. The molecule has 0 atom stereocenters. The molecule has 13 heavy (non-hydrogen) atoms. The molecule has 0 spiro atoms. The molecule has 0 saturated heterocycles. The van der Waals surface area contributed by atoms with Gasteiger partial charge in [-0.3, -0.25) is 4.79 Å². The van der Waals surface area contributed by atoms with E-state index >= 15 is 0 Å². The van der Waals surface area contributed by atoms with E-state index in [0.717, 1.165) is 12.1 Å². The third-order valence-electron chi connectivity index (χ3n) is 1.51. The Bertz CT molecular complexity index is 354. The highest BCUT2D eigenvalue weighted by Crippen LogP contribution is 2.22. The van der Waals surface area contributed by atoms with Crippen molar-refractivity contribution in [3.8, 4) is 5.75 Å². The molecule has 1 rings (SSSR count). The van der Waals surface area contributed by atoms with Gasteiger partial charge in [0.2, 0.25) is 0 Å². The number of phenolic OH excluding ortho intramolecular Hbond substituents is 1. The van der Waals surface area contributed by atoms with E-state index in [4.69, 9.17) is 22.4 Å². The molecule has 0 amide bonds. The first-order valence-electron chi connectivity index (χ1n) is 3.43. The van der Waals surface area contributed by atoms with E-state index in [1.165, 1.54) is 0 Å². The van der Waals surface area contributed by atoms with E-state index in [2.05, 4.69) is 0 Å². The molecule has 70 valence electrons. The van der Waals surface area contributed by atoms with Crippen LogP contribution in [0, 0.1) is 5.82 Å². The second-order valence-corrected chi connectivity index (χ2v) is 2.72. The molecule has 3 nitrogen and oxygen atoms in total. The summed E-state index contributed by atoms with van der Waals surface area (Å²) >= 11 is 5.22. The van der Waals surface area contributed by atoms with Crippen LogP contribution in [0.4, 0.5) is 10.1 Å². The second-order valence-electron chi connectivity index (χ2n) is 2.45. The van der Waals surface area contributed by atoms with Gasteiger partial charge in [-0.15, -0.1) is 11.6 Å². The number of nitrogens with two attached hydrogens (primary N) is 1. The maximum Gasteiger partial charge on any atom is 0.180 e. The topological polar surface area (TPSA) is 63.3 Å². The minimum absolute atomic E-state index is 0.257. The molecule has 0 saturated carbocycles. The van der Waals surface area contributed by atoms with Crippen molar-refractivity contribution in [1.82, 2.24) is 0 Å². The summed E-state index contributed by atoms with van der Waals surface area (Å²) in [6, 6.07) is 2.02. The number of anilines is 1. The van der Waals surface area contributed by atoms with Crippen molar-refractivity contribution in [3.63, 3.8) is 0 Å². The summed E-state index contributed by atoms with van der Waals surface area (Å²) in [4.78, 5) is 11.0. The van der Waals surface area contributed by atoms with Crippen molar-refractivity contribution in [2.75, 3.05) is 11.6 Å². The third-order valence-corrected chi connectivity index (χ3v) is 1.75. The van der Waals surface area contributed by atoms with Gasteiger partial charge in [-0.25, -0.2) is 4.39 Å². The van der Waals surface area contributed by atoms with Crippen LogP contribution in [0.1, 0.15) is 10.4 Å². The monoisotopic (exact) mass is 203 g/mol. The van der Waals surface area contributed by atoms with Crippen LogP contribution in [0.2, 0.25) is 0 Å². The number of alkyl halides is 1. The summed E-state index contributed by atoms with van der Waals surface area (Å²) in [6.45, 7) is 0. The number of Topliss-reactive ketones (excluding diaryl/α,β-unsaturated/α-hetero) is 1. The summed E-state index contributed by atoms with van der Waals surface area (Å²) in [5.41, 5.74) is 4.63. The largest absolute Gasteiger partial charge is 0.508 e. The van der Waals surface area contributed by atoms with E-state index in [1.54, 1.807) is 0 Å². The van der Waals surface area contributed by atoms with Crippen molar-refractivity contribution in [2.24, 2.45) is 0 Å². The first kappa shape index (κ1) is 9.80. The van der Waals surface area contributed by atoms with Crippen molar-refractivity contribution in [1.29, 1.82) is 0 Å². The van der Waals surface area contributed by atoms with Gasteiger partial charge in [0.25, 0.3) is 0 Å². The second kappa shape index (κ2) is 3.62. The number of nitrogen functional groups attached to an aromatic ring is 1. The molecule has 0 aliphatic heterocycles. The van der Waals surface area contributed by atoms with Gasteiger partial charge in [-0.05, 0) is 6.07 Å². The summed E-state index contributed by atoms with van der Waals surface area (Å²) in [7, 11) is 0. The molecule has 0 fully saturated rings. The number of benzene rings is 1. The number of halogens is 2. The highest BCUT2D eigenvalue weighted by atomic mass is 35.5. The fourth-order valence-electron chi connectivity index (χ4n) is 0.906. The zero-order valence-electron chi connectivity index (χ0n) is 6.55. The lowest BCUT2D eigenvalue weighted by molar-refractivity contribution is 0.101. The predicted molar refractivity (Wildman–Crippen MR) is 47.5 cm³/mol. The first-order valence-corrected chi connectivity index (χ1v) is 3.97. The first-order chi connectivity index (χ1) is 6.06. The lowest BCUT2D eigenvalue weighted by Gasteiger charge is -2.03. The number of rotatable bonds is 2. The smallest absolute Gasteiger partial charge is 0.180 e. The molecule has 0 aliphatic rings. The molecule has 3 N–H and O–H groups in total. The fraction of sp³-hybridized carbons (Fsp3) is 0.125. The Balaban J connectivity index is 3.28. The highest BCUT2D eigenvalue weighted by Gasteiger charge is 2.14. The molecule has 0 bridgehead atoms. The normalized spacial score (nSPS) is 10.0. The van der Waals surface area contributed by atoms with Gasteiger partial charge in [0.15, 0.2) is 11.6 Å². The number of ketones is 1. The summed E-state index contributed by atoms with van der Waals surface area (Å²) in [5, 5.41) is 9.02. The van der Waals surface area contributed by atoms with Gasteiger partial charge in [-0.2, -0.15) is 0 Å². The van der Waals surface area contributed by atoms with Crippen LogP contribution >= 0.6 is 11.6 Å². The van der Waals surface area contributed by atoms with E-state index in [0.29, 0.717) is 0 Å². The number of hydrogen-bond acceptors (Lipinski definition) is 3. The van der Waals surface area contributed by atoms with Crippen LogP contribution < -0.4 is 5.73 Å². The average molecular weight is 204 g/mol. The Morgan fingerprint density at radius 2 is 2.23 bits per heavy atom. The lowest BCUT2D eigenvalue weighted by atomic mass is 10.1. The zero-order chi connectivity index (χ0) is 10.0. The molecule has 1 aromatic carbocycles. The van der Waals surface area contributed by atoms with Crippen LogP contribution in [-0.2, 0) is 0 Å². The predicted octanol–water partition coefficient (Wildman–Crippen LogP) is 1.53. The average Bonchev–Trinajstić information content (AvgIpc) is 2.10. The lowest BCUT2D eigenvalue weighted by Crippen LogP contribution is -2.05. The summed E-state index contributed by atoms with van der Waals surface area (Å²) in [6.07, 6.45) is 0. The molecule has 0 aliphatic carbocycles. The SMILES string of the molecule is Nc1cc(O)cc(C(=O)CCl)c1F. The summed E-state index contributed by atoms with van der Waals surface area (Å²) in [5.74, 6) is -2.06. The molecule has 1 aromatic rings. The molecular formula is C8H7ClFNO2. The van der Waals surface area contributed by atoms with E-state index in [9.17, 15) is 9.18 Å². The molecule has 0 unspecified atom stereocenters. The Morgan fingerprint density at radius 3 is 2.77 bits per heavy atom. The maximum atomic E-state index is 13.1. The van der Waals surface area contributed by atoms with Crippen LogP contribution in [0.15, 0.2) is 12.1 Å². The van der Waals surface area contributed by atoms with Gasteiger partial charge in [0.1, 0.15) is 5.75 Å². The quantitative estimate of drug-likeness (QED) is 0.435. The maximum absolute atomic E-state index is 13.1. The van der Waals surface area contributed by atoms with Crippen LogP contribution in [0.5, 0.6) is 5.75 Å². The molecular weight excluding hydrogens is 197 g/mol. The van der Waals surface area contributed by atoms with Crippen molar-refractivity contribution in [2.45, 2.75) is 0 Å². The fourth-order valence-corrected chi connectivity index (χ4v) is 1.05. The minimum Gasteiger partial charge on any atom is -0.508 e. The molecule has 0 aromatic heterocycles. The molecule has 5 heteroatoms. The Morgan fingerprint density at radius 1 is 1.62 bits per heavy atom. The highest BCUT2D eigenvalue weighted by molar-refractivity contribution is 6.30. The molecule has 0 radical (unpaired) electrons. The number of carbonyl (C=O) groups excluding carboxylic acids is 1. The standard InChI is InChI=1S/C8H7ClFNO2/c9-3-7(13)5-1-4(12)2-6(11)8(5)10/h1-2,12H,3,11H2. The zero-order valence-corrected chi connectivity index (χ0v) is 7.31. The van der Waals surface area contributed by atoms with Crippen molar-refractivity contribution >= 4 is 23.1 Å². The van der Waals surface area contributed by atoms with E-state index in [-0.39, 0.29) is 22.9 Å². The van der Waals surface area contributed by atoms with E-state index < -0.39 is 11.6 Å². The summed E-state index contributed by atoms with van der Waals surface area (Å²) < 4.78 is 13.1. The van der Waals surface area contributed by atoms with Crippen LogP contribution in [0.25, 0.3) is 0 Å². The van der Waals surface area contributed by atoms with Gasteiger partial charge in [0, 0.05) is 6.07 Å². The van der Waals surface area contributed by atoms with Crippen molar-refractivity contribution < 1.29 is 14.3 Å². The van der Waals surface area contributed by atoms with Crippen LogP contribution in [-0.4, -0.2) is 16.8 Å². The number of phenols is 1. The minimum atomic E-state index is -0.844.